The van der Waals surface area contributed by atoms with Gasteiger partial charge in [0.25, 0.3) is 5.89 Å². The third-order valence-electron chi connectivity index (χ3n) is 2.12. The van der Waals surface area contributed by atoms with Crippen LogP contribution in [0.15, 0.2) is 22.0 Å². The van der Waals surface area contributed by atoms with Crippen LogP contribution in [0.1, 0.15) is 29.1 Å². The molecule has 0 aromatic carbocycles. The van der Waals surface area contributed by atoms with Crippen molar-refractivity contribution in [1.82, 2.24) is 10.1 Å². The molecule has 0 aliphatic rings. The summed E-state index contributed by atoms with van der Waals surface area (Å²) < 4.78 is 4.97. The molecule has 2 rings (SSSR count). The largest absolute Gasteiger partial charge is 0.383 e. The lowest BCUT2D eigenvalue weighted by Gasteiger charge is -2.00. The topological polar surface area (TPSA) is 85.2 Å². The van der Waals surface area contributed by atoms with E-state index in [4.69, 9.17) is 10.3 Å². The molecular weight excluding hydrogens is 226 g/mol. The molecule has 1 unspecified atom stereocenters. The van der Waals surface area contributed by atoms with Crippen LogP contribution in [-0.4, -0.2) is 21.8 Å². The SMILES string of the molecule is NCCC(O)c1nc(Cc2cccs2)no1. The van der Waals surface area contributed by atoms with Gasteiger partial charge in [-0.25, -0.2) is 0 Å². The summed E-state index contributed by atoms with van der Waals surface area (Å²) in [6.07, 6.45) is 0.312. The van der Waals surface area contributed by atoms with Gasteiger partial charge in [-0.05, 0) is 24.4 Å². The van der Waals surface area contributed by atoms with Gasteiger partial charge in [0.2, 0.25) is 0 Å². The van der Waals surface area contributed by atoms with Crippen LogP contribution in [0.2, 0.25) is 0 Å². The summed E-state index contributed by atoms with van der Waals surface area (Å²) in [5.41, 5.74) is 5.34. The molecule has 0 radical (unpaired) electrons. The first-order valence-corrected chi connectivity index (χ1v) is 5.90. The highest BCUT2D eigenvalue weighted by Crippen LogP contribution is 2.16. The smallest absolute Gasteiger partial charge is 0.255 e. The lowest BCUT2D eigenvalue weighted by molar-refractivity contribution is 0.127. The molecule has 0 amide bonds. The molecule has 0 fully saturated rings. The van der Waals surface area contributed by atoms with Crippen LogP contribution in [0.3, 0.4) is 0 Å². The second kappa shape index (κ2) is 5.20. The summed E-state index contributed by atoms with van der Waals surface area (Å²) in [5.74, 6) is 0.838. The number of aromatic nitrogens is 2. The van der Waals surface area contributed by atoms with Crippen molar-refractivity contribution in [1.29, 1.82) is 0 Å². The van der Waals surface area contributed by atoms with Crippen LogP contribution in [0, 0.1) is 0 Å². The molecule has 3 N–H and O–H groups in total. The highest BCUT2D eigenvalue weighted by atomic mass is 32.1. The van der Waals surface area contributed by atoms with Crippen molar-refractivity contribution in [2.75, 3.05) is 6.54 Å². The van der Waals surface area contributed by atoms with Crippen LogP contribution in [0.25, 0.3) is 0 Å². The van der Waals surface area contributed by atoms with Crippen molar-refractivity contribution in [3.63, 3.8) is 0 Å². The van der Waals surface area contributed by atoms with E-state index in [2.05, 4.69) is 10.1 Å². The Bertz CT molecular complexity index is 427. The lowest BCUT2D eigenvalue weighted by Crippen LogP contribution is -2.07. The maximum absolute atomic E-state index is 9.59. The maximum Gasteiger partial charge on any atom is 0.255 e. The van der Waals surface area contributed by atoms with Gasteiger partial charge in [-0.15, -0.1) is 11.3 Å². The van der Waals surface area contributed by atoms with Gasteiger partial charge >= 0.3 is 0 Å². The minimum Gasteiger partial charge on any atom is -0.383 e. The monoisotopic (exact) mass is 239 g/mol. The Morgan fingerprint density at radius 3 is 3.12 bits per heavy atom. The summed E-state index contributed by atoms with van der Waals surface area (Å²) in [6, 6.07) is 3.99. The van der Waals surface area contributed by atoms with Crippen molar-refractivity contribution in [3.8, 4) is 0 Å². The number of nitrogens with zero attached hydrogens (tertiary/aromatic N) is 2. The lowest BCUT2D eigenvalue weighted by atomic mass is 10.2. The van der Waals surface area contributed by atoms with Crippen LogP contribution < -0.4 is 5.73 Å². The fourth-order valence-corrected chi connectivity index (χ4v) is 2.03. The van der Waals surface area contributed by atoms with E-state index in [9.17, 15) is 5.11 Å². The van der Waals surface area contributed by atoms with Gasteiger partial charge in [-0.3, -0.25) is 0 Å². The Hall–Kier alpha value is -1.24. The van der Waals surface area contributed by atoms with E-state index >= 15 is 0 Å². The molecule has 2 aromatic heterocycles. The van der Waals surface area contributed by atoms with E-state index in [-0.39, 0.29) is 5.89 Å². The average Bonchev–Trinajstić information content (AvgIpc) is 2.90. The number of nitrogens with two attached hydrogens (primary N) is 1. The fourth-order valence-electron chi connectivity index (χ4n) is 1.32. The van der Waals surface area contributed by atoms with Gasteiger partial charge in [0.05, 0.1) is 0 Å². The quantitative estimate of drug-likeness (QED) is 0.816. The summed E-state index contributed by atoms with van der Waals surface area (Å²) in [4.78, 5) is 5.29. The summed E-state index contributed by atoms with van der Waals surface area (Å²) >= 11 is 1.64. The van der Waals surface area contributed by atoms with Gasteiger partial charge in [0.15, 0.2) is 5.82 Å². The zero-order valence-corrected chi connectivity index (χ0v) is 9.48. The molecule has 1 atom stereocenters. The number of rotatable bonds is 5. The Morgan fingerprint density at radius 1 is 1.56 bits per heavy atom. The molecule has 0 aliphatic carbocycles. The molecule has 16 heavy (non-hydrogen) atoms. The van der Waals surface area contributed by atoms with Gasteiger partial charge in [-0.2, -0.15) is 4.98 Å². The number of hydrogen-bond donors (Lipinski definition) is 2. The van der Waals surface area contributed by atoms with Crippen LogP contribution in [0.4, 0.5) is 0 Å². The molecule has 0 aliphatic heterocycles. The van der Waals surface area contributed by atoms with Gasteiger partial charge in [0.1, 0.15) is 6.10 Å². The molecule has 5 nitrogen and oxygen atoms in total. The summed E-state index contributed by atoms with van der Waals surface area (Å²) in [7, 11) is 0. The Balaban J connectivity index is 2.02. The van der Waals surface area contributed by atoms with E-state index in [1.54, 1.807) is 11.3 Å². The number of aliphatic hydroxyl groups is 1. The van der Waals surface area contributed by atoms with Crippen LogP contribution >= 0.6 is 11.3 Å². The molecule has 6 heteroatoms. The van der Waals surface area contributed by atoms with Crippen molar-refractivity contribution < 1.29 is 9.63 Å². The van der Waals surface area contributed by atoms with Gasteiger partial charge < -0.3 is 15.4 Å². The average molecular weight is 239 g/mol. The van der Waals surface area contributed by atoms with E-state index in [0.717, 1.165) is 0 Å². The molecule has 86 valence electrons. The first-order valence-electron chi connectivity index (χ1n) is 5.02. The standard InChI is InChI=1S/C10H13N3O2S/c11-4-3-8(14)10-12-9(13-15-10)6-7-2-1-5-16-7/h1-2,5,8,14H,3-4,6,11H2. The number of hydrogen-bond acceptors (Lipinski definition) is 6. The van der Waals surface area contributed by atoms with Crippen molar-refractivity contribution >= 4 is 11.3 Å². The van der Waals surface area contributed by atoms with Crippen molar-refractivity contribution in [2.24, 2.45) is 5.73 Å². The van der Waals surface area contributed by atoms with Gasteiger partial charge in [0, 0.05) is 11.3 Å². The number of aliphatic hydroxyl groups excluding tert-OH is 1. The number of thiophene rings is 1. The zero-order valence-electron chi connectivity index (χ0n) is 8.67. The summed E-state index contributed by atoms with van der Waals surface area (Å²) in [5, 5.41) is 15.4. The molecule has 0 saturated carbocycles. The Labute approximate surface area is 96.9 Å². The van der Waals surface area contributed by atoms with Gasteiger partial charge in [-0.1, -0.05) is 11.2 Å². The second-order valence-electron chi connectivity index (χ2n) is 3.40. The normalized spacial score (nSPS) is 12.9. The molecule has 2 heterocycles. The first kappa shape index (κ1) is 11.3. The fraction of sp³-hybridized carbons (Fsp3) is 0.400. The predicted molar refractivity (Wildman–Crippen MR) is 60.1 cm³/mol. The molecular formula is C10H13N3O2S. The van der Waals surface area contributed by atoms with E-state index in [1.807, 2.05) is 17.5 Å². The Kier molecular flexibility index (Phi) is 3.66. The third-order valence-corrected chi connectivity index (χ3v) is 3.00. The second-order valence-corrected chi connectivity index (χ2v) is 4.43. The zero-order chi connectivity index (χ0) is 11.4. The maximum atomic E-state index is 9.59. The third kappa shape index (κ3) is 2.66. The van der Waals surface area contributed by atoms with E-state index in [1.165, 1.54) is 4.88 Å². The Morgan fingerprint density at radius 2 is 2.44 bits per heavy atom. The van der Waals surface area contributed by atoms with Crippen LogP contribution in [0.5, 0.6) is 0 Å². The molecule has 2 aromatic rings. The van der Waals surface area contributed by atoms with Crippen molar-refractivity contribution in [2.45, 2.75) is 18.9 Å². The summed E-state index contributed by atoms with van der Waals surface area (Å²) in [6.45, 7) is 0.393. The highest BCUT2D eigenvalue weighted by molar-refractivity contribution is 7.09. The molecule has 0 bridgehead atoms. The highest BCUT2D eigenvalue weighted by Gasteiger charge is 2.15. The molecule has 0 spiro atoms. The predicted octanol–water partition coefficient (Wildman–Crippen LogP) is 1.10. The van der Waals surface area contributed by atoms with E-state index in [0.29, 0.717) is 25.2 Å². The minimum atomic E-state index is -0.755. The van der Waals surface area contributed by atoms with Crippen molar-refractivity contribution in [3.05, 3.63) is 34.1 Å². The minimum absolute atomic E-state index is 0.247. The first-order chi connectivity index (χ1) is 7.79. The van der Waals surface area contributed by atoms with E-state index < -0.39 is 6.10 Å². The molecule has 0 saturated heterocycles. The van der Waals surface area contributed by atoms with Crippen LogP contribution in [-0.2, 0) is 6.42 Å².